The fourth-order valence-electron chi connectivity index (χ4n) is 3.52. The number of hydrogen-bond donors (Lipinski definition) is 4. The minimum atomic E-state index is -4.12. The van der Waals surface area contributed by atoms with Gasteiger partial charge in [-0.2, -0.15) is 0 Å². The molecule has 12 heteroatoms. The van der Waals surface area contributed by atoms with E-state index in [9.17, 15) is 13.2 Å². The number of nitrogens with one attached hydrogen (secondary N) is 3. The van der Waals surface area contributed by atoms with Gasteiger partial charge in [0.15, 0.2) is 11.6 Å². The van der Waals surface area contributed by atoms with Gasteiger partial charge >= 0.3 is 0 Å². The molecule has 0 atom stereocenters. The van der Waals surface area contributed by atoms with Crippen LogP contribution >= 0.6 is 0 Å². The van der Waals surface area contributed by atoms with Crippen molar-refractivity contribution in [3.8, 4) is 11.5 Å². The lowest BCUT2D eigenvalue weighted by Gasteiger charge is -2.24. The summed E-state index contributed by atoms with van der Waals surface area (Å²) >= 11 is 0. The molecule has 0 spiro atoms. The van der Waals surface area contributed by atoms with Crippen LogP contribution in [0.1, 0.15) is 13.8 Å². The smallest absolute Gasteiger partial charge is 0.263 e. The zero-order valence-electron chi connectivity index (χ0n) is 21.3. The molecule has 5 N–H and O–H groups in total. The molecule has 0 aliphatic heterocycles. The van der Waals surface area contributed by atoms with Crippen LogP contribution in [0.15, 0.2) is 71.6 Å². The molecule has 1 heterocycles. The first-order valence-corrected chi connectivity index (χ1v) is 13.0. The highest BCUT2D eigenvalue weighted by Crippen LogP contribution is 2.31. The number of ether oxygens (including phenoxy) is 2. The van der Waals surface area contributed by atoms with E-state index in [2.05, 4.69) is 25.3 Å². The number of hydrogen-bond acceptors (Lipinski definition) is 9. The Kier molecular flexibility index (Phi) is 7.26. The van der Waals surface area contributed by atoms with Gasteiger partial charge in [-0.25, -0.2) is 18.4 Å². The van der Waals surface area contributed by atoms with Crippen LogP contribution < -0.4 is 30.6 Å². The van der Waals surface area contributed by atoms with Gasteiger partial charge < -0.3 is 25.8 Å². The quantitative estimate of drug-likeness (QED) is 0.236. The van der Waals surface area contributed by atoms with Gasteiger partial charge in [0.1, 0.15) is 17.0 Å². The van der Waals surface area contributed by atoms with Crippen LogP contribution in [0.4, 0.5) is 23.0 Å². The zero-order valence-corrected chi connectivity index (χ0v) is 22.1. The molecule has 38 heavy (non-hydrogen) atoms. The van der Waals surface area contributed by atoms with Gasteiger partial charge in [-0.3, -0.25) is 9.52 Å². The van der Waals surface area contributed by atoms with E-state index in [0.717, 1.165) is 0 Å². The Morgan fingerprint density at radius 2 is 1.45 bits per heavy atom. The molecule has 0 bridgehead atoms. The number of carbonyl (C=O) groups is 1. The number of primary amides is 1. The molecular weight excluding hydrogens is 508 g/mol. The van der Waals surface area contributed by atoms with E-state index in [1.807, 2.05) is 6.07 Å². The third kappa shape index (κ3) is 5.86. The molecule has 3 aromatic carbocycles. The van der Waals surface area contributed by atoms with E-state index in [1.165, 1.54) is 26.4 Å². The first-order valence-electron chi connectivity index (χ1n) is 11.5. The molecule has 0 aliphatic rings. The van der Waals surface area contributed by atoms with E-state index in [4.69, 9.17) is 15.2 Å². The summed E-state index contributed by atoms with van der Waals surface area (Å²) in [6.07, 6.45) is 0. The van der Waals surface area contributed by atoms with E-state index in [0.29, 0.717) is 33.9 Å². The van der Waals surface area contributed by atoms with Gasteiger partial charge in [-0.05, 0) is 44.2 Å². The fourth-order valence-corrected chi connectivity index (χ4v) is 4.58. The maximum absolute atomic E-state index is 13.4. The number of nitrogens with two attached hydrogens (primary N) is 1. The standard InChI is InChI=1S/C26H28N6O5S/c1-26(2,25(27)33)31-16-8-7-9-20(14-16)38(34,35)32-24-23(29-21-10-5-6-11-22(21)30-24)28-17-12-18(36-3)15-19(13-17)37-4/h5-15,31H,1-4H3,(H2,27,33)(H,28,29)(H,30,32). The first-order chi connectivity index (χ1) is 18.0. The molecule has 0 fully saturated rings. The number of nitrogens with zero attached hydrogens (tertiary/aromatic N) is 2. The van der Waals surface area contributed by atoms with Crippen LogP contribution in [0.2, 0.25) is 0 Å². The first kappa shape index (κ1) is 26.5. The number of carbonyl (C=O) groups excluding carboxylic acids is 1. The number of aromatic nitrogens is 2. The number of rotatable bonds is 10. The SMILES string of the molecule is COc1cc(Nc2nc3ccccc3nc2NS(=O)(=O)c2cccc(NC(C)(C)C(N)=O)c2)cc(OC)c1. The summed E-state index contributed by atoms with van der Waals surface area (Å²) in [6, 6.07) is 18.3. The van der Waals surface area contributed by atoms with Crippen molar-refractivity contribution < 1.29 is 22.7 Å². The summed E-state index contributed by atoms with van der Waals surface area (Å²) in [5.74, 6) is 0.644. The Morgan fingerprint density at radius 3 is 2.03 bits per heavy atom. The number of benzene rings is 3. The lowest BCUT2D eigenvalue weighted by Crippen LogP contribution is -2.45. The molecule has 1 aromatic heterocycles. The van der Waals surface area contributed by atoms with Crippen molar-refractivity contribution >= 4 is 50.0 Å². The Labute approximate surface area is 220 Å². The molecule has 11 nitrogen and oxygen atoms in total. The number of anilines is 4. The number of para-hydroxylation sites is 2. The molecule has 4 aromatic rings. The summed E-state index contributed by atoms with van der Waals surface area (Å²) in [6.45, 7) is 3.20. The summed E-state index contributed by atoms with van der Waals surface area (Å²) in [7, 11) is -1.06. The van der Waals surface area contributed by atoms with E-state index in [-0.39, 0.29) is 16.5 Å². The number of sulfonamides is 1. The largest absolute Gasteiger partial charge is 0.497 e. The topological polar surface area (TPSA) is 158 Å². The number of amides is 1. The maximum atomic E-state index is 13.4. The van der Waals surface area contributed by atoms with Crippen LogP contribution in [0, 0.1) is 0 Å². The Morgan fingerprint density at radius 1 is 0.842 bits per heavy atom. The van der Waals surface area contributed by atoms with Gasteiger partial charge in [0.2, 0.25) is 5.91 Å². The van der Waals surface area contributed by atoms with Gasteiger partial charge in [0.25, 0.3) is 10.0 Å². The van der Waals surface area contributed by atoms with E-state index < -0.39 is 21.5 Å². The molecule has 0 unspecified atom stereocenters. The third-order valence-electron chi connectivity index (χ3n) is 5.63. The van der Waals surface area contributed by atoms with Gasteiger partial charge in [-0.15, -0.1) is 0 Å². The molecule has 198 valence electrons. The normalized spacial score (nSPS) is 11.6. The second-order valence-corrected chi connectivity index (χ2v) is 10.6. The highest BCUT2D eigenvalue weighted by atomic mass is 32.2. The molecule has 0 radical (unpaired) electrons. The molecule has 0 saturated heterocycles. The summed E-state index contributed by atoms with van der Waals surface area (Å²) < 4.78 is 40.1. The highest BCUT2D eigenvalue weighted by Gasteiger charge is 2.25. The van der Waals surface area contributed by atoms with Crippen LogP contribution in [0.3, 0.4) is 0 Å². The highest BCUT2D eigenvalue weighted by molar-refractivity contribution is 7.92. The van der Waals surface area contributed by atoms with Crippen molar-refractivity contribution in [3.63, 3.8) is 0 Å². The minimum Gasteiger partial charge on any atom is -0.497 e. The molecule has 4 rings (SSSR count). The zero-order chi connectivity index (χ0) is 27.5. The molecular formula is C26H28N6O5S. The van der Waals surface area contributed by atoms with Crippen molar-refractivity contribution in [3.05, 3.63) is 66.7 Å². The van der Waals surface area contributed by atoms with Crippen molar-refractivity contribution in [1.82, 2.24) is 9.97 Å². The summed E-state index contributed by atoms with van der Waals surface area (Å²) in [5, 5.41) is 6.07. The Hall–Kier alpha value is -4.58. The van der Waals surface area contributed by atoms with Crippen molar-refractivity contribution in [2.45, 2.75) is 24.3 Å². The summed E-state index contributed by atoms with van der Waals surface area (Å²) in [4.78, 5) is 20.8. The minimum absolute atomic E-state index is 0.0127. The average molecular weight is 537 g/mol. The number of fused-ring (bicyclic) bond motifs is 1. The van der Waals surface area contributed by atoms with Crippen molar-refractivity contribution in [1.29, 1.82) is 0 Å². The maximum Gasteiger partial charge on any atom is 0.263 e. The third-order valence-corrected chi connectivity index (χ3v) is 6.97. The van der Waals surface area contributed by atoms with Gasteiger partial charge in [-0.1, -0.05) is 18.2 Å². The second kappa shape index (κ2) is 10.4. The fraction of sp³-hybridized carbons (Fsp3) is 0.192. The van der Waals surface area contributed by atoms with E-state index in [1.54, 1.807) is 62.4 Å². The van der Waals surface area contributed by atoms with Gasteiger partial charge in [0.05, 0.1) is 30.1 Å². The van der Waals surface area contributed by atoms with Crippen LogP contribution in [0.5, 0.6) is 11.5 Å². The summed E-state index contributed by atoms with van der Waals surface area (Å²) in [5.41, 5.74) is 6.36. The van der Waals surface area contributed by atoms with Crippen LogP contribution in [-0.4, -0.2) is 44.1 Å². The van der Waals surface area contributed by atoms with Crippen LogP contribution in [-0.2, 0) is 14.8 Å². The number of methoxy groups -OCH3 is 2. The Bertz CT molecular complexity index is 1590. The second-order valence-electron chi connectivity index (χ2n) is 8.88. The van der Waals surface area contributed by atoms with Crippen LogP contribution in [0.25, 0.3) is 11.0 Å². The lowest BCUT2D eigenvalue weighted by molar-refractivity contribution is -0.121. The predicted octanol–water partition coefficient (Wildman–Crippen LogP) is 3.87. The molecule has 0 aliphatic carbocycles. The lowest BCUT2D eigenvalue weighted by atomic mass is 10.0. The van der Waals surface area contributed by atoms with Crippen molar-refractivity contribution in [2.75, 3.05) is 29.6 Å². The van der Waals surface area contributed by atoms with E-state index >= 15 is 0 Å². The molecule has 0 saturated carbocycles. The average Bonchev–Trinajstić information content (AvgIpc) is 2.88. The van der Waals surface area contributed by atoms with Crippen molar-refractivity contribution in [2.24, 2.45) is 5.73 Å². The van der Waals surface area contributed by atoms with Gasteiger partial charge in [0, 0.05) is 29.6 Å². The molecule has 1 amide bonds. The predicted molar refractivity (Wildman–Crippen MR) is 147 cm³/mol. The monoisotopic (exact) mass is 536 g/mol. The Balaban J connectivity index is 1.73.